The van der Waals surface area contributed by atoms with Crippen LogP contribution in [-0.4, -0.2) is 0 Å². The molecule has 0 amide bonds. The molecular weight excluding hydrogens is 607 g/mol. The molecule has 1 aliphatic rings. The van der Waals surface area contributed by atoms with E-state index < -0.39 is 273 Å². The minimum Gasteiger partial charge on any atom is -0.456 e. The molecule has 1 heterocycles. The maximum atomic E-state index is 9.98. The quantitative estimate of drug-likeness (QED) is 0.186. The Morgan fingerprint density at radius 1 is 0.380 bits per heavy atom. The molecule has 234 valence electrons. The van der Waals surface area contributed by atoms with Crippen molar-refractivity contribution in [3.8, 4) is 11.1 Å². The van der Waals surface area contributed by atoms with Crippen molar-refractivity contribution in [3.05, 3.63) is 229 Å². The molecule has 8 aromatic carbocycles. The van der Waals surface area contributed by atoms with E-state index in [-0.39, 0.29) is 0 Å². The van der Waals surface area contributed by atoms with E-state index in [0.29, 0.717) is 11.0 Å². The van der Waals surface area contributed by atoms with Crippen molar-refractivity contribution >= 4 is 39.0 Å². The highest BCUT2D eigenvalue weighted by atomic mass is 16.3. The predicted octanol–water partition coefficient (Wildman–Crippen LogP) is 12.2. The summed E-state index contributed by atoms with van der Waals surface area (Å²) in [6.45, 7) is 0. The lowest BCUT2D eigenvalue weighted by atomic mass is 9.99. The van der Waals surface area contributed by atoms with Crippen molar-refractivity contribution in [2.75, 3.05) is 4.90 Å². The molecule has 1 aliphatic carbocycles. The molecule has 0 N–H and O–H groups in total. The van der Waals surface area contributed by atoms with E-state index in [4.69, 9.17) is 26.3 Å². The summed E-state index contributed by atoms with van der Waals surface area (Å²) in [4.78, 5) is 0.556. The van der Waals surface area contributed by atoms with Crippen LogP contribution in [0, 0.1) is 41.7 Å². The highest BCUT2D eigenvalue weighted by molar-refractivity contribution is 6.13. The summed E-state index contributed by atoms with van der Waals surface area (Å²) in [7, 11) is 0. The maximum Gasteiger partial charge on any atom is 0.137 e. The van der Waals surface area contributed by atoms with Crippen LogP contribution in [0.5, 0.6) is 0 Å². The molecule has 50 heavy (non-hydrogen) atoms. The monoisotopic (exact) mass is 667 g/mol. The number of benzene rings is 8. The summed E-state index contributed by atoms with van der Waals surface area (Å²) in [5.41, 5.74) is -6.00. The van der Waals surface area contributed by atoms with Crippen molar-refractivity contribution in [1.29, 1.82) is 0 Å². The van der Waals surface area contributed by atoms with Gasteiger partial charge in [-0.25, -0.2) is 0 Å². The lowest BCUT2D eigenvalue weighted by Gasteiger charge is -2.27. The Bertz CT molecular complexity index is 4870. The van der Waals surface area contributed by atoms with E-state index in [2.05, 4.69) is 0 Å². The van der Waals surface area contributed by atoms with E-state index >= 15 is 0 Å². The smallest absolute Gasteiger partial charge is 0.137 e. The Hall–Kier alpha value is -6.64. The lowest BCUT2D eigenvalue weighted by molar-refractivity contribution is 0.669. The third-order valence-electron chi connectivity index (χ3n) is 7.95. The first-order valence-corrected chi connectivity index (χ1v) is 14.7. The zero-order chi connectivity index (χ0) is 59.1. The number of hydrogen-bond donors (Lipinski definition) is 0. The third kappa shape index (κ3) is 4.43. The fraction of sp³-hybridized carbons (Fsp3) is 0. The molecule has 9 aromatic rings. The zero-order valence-corrected chi connectivity index (χ0v) is 24.9. The zero-order valence-electron chi connectivity index (χ0n) is 54.9. The molecule has 2 nitrogen and oxygen atoms in total. The Balaban J connectivity index is 1.69. The molecular formula is C48H31NO. The van der Waals surface area contributed by atoms with Crippen LogP contribution in [0.15, 0.2) is 192 Å². The Kier molecular flexibility index (Phi) is 2.64. The van der Waals surface area contributed by atoms with E-state index in [1.165, 1.54) is 0 Å². The van der Waals surface area contributed by atoms with E-state index in [1.807, 2.05) is 0 Å². The highest BCUT2D eigenvalue weighted by Crippen LogP contribution is 2.43. The predicted molar refractivity (Wildman–Crippen MR) is 204 cm³/mol. The highest BCUT2D eigenvalue weighted by Gasteiger charge is 2.21. The second kappa shape index (κ2) is 11.5. The number of hydrogen-bond acceptors (Lipinski definition) is 2. The van der Waals surface area contributed by atoms with Crippen LogP contribution in [0.2, 0.25) is 0 Å². The fourth-order valence-electron chi connectivity index (χ4n) is 5.89. The van der Waals surface area contributed by atoms with Crippen molar-refractivity contribution in [1.82, 2.24) is 0 Å². The van der Waals surface area contributed by atoms with Gasteiger partial charge in [0.1, 0.15) is 11.2 Å². The van der Waals surface area contributed by atoms with Crippen molar-refractivity contribution in [2.24, 2.45) is 0 Å². The molecule has 0 saturated heterocycles. The first-order chi connectivity index (χ1) is 37.3. The van der Waals surface area contributed by atoms with Crippen molar-refractivity contribution in [3.63, 3.8) is 0 Å². The van der Waals surface area contributed by atoms with Crippen molar-refractivity contribution < 1.29 is 45.5 Å². The molecule has 0 atom stereocenters. The maximum absolute atomic E-state index is 9.98. The van der Waals surface area contributed by atoms with Crippen LogP contribution in [0.4, 0.5) is 17.1 Å². The summed E-state index contributed by atoms with van der Waals surface area (Å²) in [5, 5.41) is -8.33. The number of nitrogens with zero attached hydrogens (tertiary/aromatic N) is 1. The number of para-hydroxylation sites is 1. The Labute approximate surface area is 330 Å². The van der Waals surface area contributed by atoms with Gasteiger partial charge in [0.05, 0.1) is 57.9 Å². The van der Waals surface area contributed by atoms with Crippen LogP contribution < -0.4 is 4.90 Å². The molecule has 0 spiro atoms. The molecule has 0 fully saturated rings. The van der Waals surface area contributed by atoms with Crippen LogP contribution in [-0.2, 0) is 0 Å². The number of rotatable bonds is 4. The molecule has 0 saturated carbocycles. The van der Waals surface area contributed by atoms with Gasteiger partial charge in [-0.15, -0.1) is 0 Å². The van der Waals surface area contributed by atoms with Gasteiger partial charge in [-0.3, -0.25) is 0 Å². The van der Waals surface area contributed by atoms with Crippen LogP contribution >= 0.6 is 0 Å². The number of furan rings is 1. The van der Waals surface area contributed by atoms with E-state index in [0.717, 1.165) is 0 Å². The Morgan fingerprint density at radius 2 is 0.900 bits per heavy atom. The molecule has 0 bridgehead atoms. The molecule has 2 heteroatoms. The topological polar surface area (TPSA) is 16.4 Å². The Morgan fingerprint density at radius 3 is 1.64 bits per heavy atom. The third-order valence-corrected chi connectivity index (χ3v) is 7.95. The van der Waals surface area contributed by atoms with Gasteiger partial charge in [0, 0.05) is 16.3 Å². The minimum atomic E-state index is -1.25. The van der Waals surface area contributed by atoms with E-state index in [9.17, 15) is 19.2 Å². The summed E-state index contributed by atoms with van der Waals surface area (Å²) >= 11 is 0. The lowest BCUT2D eigenvalue weighted by Crippen LogP contribution is -2.12. The van der Waals surface area contributed by atoms with Crippen LogP contribution in [0.1, 0.15) is 41.1 Å². The first-order valence-electron chi connectivity index (χ1n) is 29.7. The second-order valence-electron chi connectivity index (χ2n) is 10.6. The number of fused-ring (bicyclic) bond motifs is 7. The van der Waals surface area contributed by atoms with E-state index in [1.54, 1.807) is 0 Å². The van der Waals surface area contributed by atoms with Gasteiger partial charge in [0.25, 0.3) is 0 Å². The van der Waals surface area contributed by atoms with Gasteiger partial charge in [0.15, 0.2) is 0 Å². The molecule has 1 aromatic heterocycles. The summed E-state index contributed by atoms with van der Waals surface area (Å²) in [6.07, 6.45) is 0. The summed E-state index contributed by atoms with van der Waals surface area (Å²) in [5.74, 6) is 0. The van der Waals surface area contributed by atoms with Crippen molar-refractivity contribution in [2.45, 2.75) is 0 Å². The van der Waals surface area contributed by atoms with Gasteiger partial charge >= 0.3 is 0 Å². The largest absolute Gasteiger partial charge is 0.456 e. The molecule has 0 radical (unpaired) electrons. The molecule has 0 aliphatic heterocycles. The van der Waals surface area contributed by atoms with Gasteiger partial charge in [-0.2, -0.15) is 0 Å². The second-order valence-corrected chi connectivity index (χ2v) is 10.6. The fourth-order valence-corrected chi connectivity index (χ4v) is 5.89. The summed E-state index contributed by atoms with van der Waals surface area (Å²) in [6, 6.07) is -30.2. The average molecular weight is 668 g/mol. The molecule has 0 unspecified atom stereocenters. The van der Waals surface area contributed by atoms with Crippen LogP contribution in [0.25, 0.3) is 33.1 Å². The van der Waals surface area contributed by atoms with Gasteiger partial charge in [-0.05, 0) is 83.9 Å². The SMILES string of the molecule is [2H]c1cc(N(c2c([2H])c([2H])c([2H])c3/c2=c2/c([2H])c([2H])c([2H])c([2H])/c2=c2/c([2H])c([2H])c([2H])c([2H])/c2=c2\c([2H])c([2H])c([2H])c([2H])\c2=3)c2c([2H])c([2H])c([2H])c3oc4c([2H])c([2H])c([2H])c([2H])c4c23)c([2H])c([2H])c1-c1c([2H])c([2H])c([2H])c([2H])c1[2H]. The normalized spacial score (nSPS) is 22.9. The standard InChI is InChI=1S/C48H31NO/c1-2-14-32(15-3-1)33-28-30-34(31-29-33)49(44-25-13-27-46-48(44)42-22-10-11-26-45(42)50-46)43-24-12-23-41-39-19-7-6-18-37(39)35-16-4-5-17-36(35)38-20-8-9-21-40(38)47(41)43/h1-31H/b37-35-,38-36+,41-39+,47-40+/i1D,2D,3D,4D,5D,6D,7D,8D,9D,10D,11D,12D,13D,14D,15D,16D,17D,18D,19D,20D,21D,22D,23D,24D,25D,26D,27D,28D,29D,30D. The number of anilines is 3. The minimum absolute atomic E-state index is 0.556. The first kappa shape index (κ1) is 11.5. The van der Waals surface area contributed by atoms with Gasteiger partial charge < -0.3 is 9.32 Å². The van der Waals surface area contributed by atoms with Crippen LogP contribution in [0.3, 0.4) is 0 Å². The summed E-state index contributed by atoms with van der Waals surface area (Å²) < 4.78 is 280. The molecule has 10 rings (SSSR count). The van der Waals surface area contributed by atoms with Gasteiger partial charge in [-0.1, -0.05) is 151 Å². The van der Waals surface area contributed by atoms with Gasteiger partial charge in [0.2, 0.25) is 0 Å². The average Bonchev–Trinajstić information content (AvgIpc) is 3.84.